The molecule has 0 unspecified atom stereocenters. The Morgan fingerprint density at radius 1 is 1.06 bits per heavy atom. The molecule has 160 valence electrons. The van der Waals surface area contributed by atoms with Gasteiger partial charge in [0.15, 0.2) is 0 Å². The SMILES string of the molecule is Cc1cc(C)cc(NC(=O)C[C@H]2C(=O)N(Cc3cccnc3)c3nc4ccccc4n32)c1. The molecule has 7 heteroatoms. The van der Waals surface area contributed by atoms with Crippen molar-refractivity contribution >= 4 is 34.5 Å². The maximum Gasteiger partial charge on any atom is 0.253 e. The predicted octanol–water partition coefficient (Wildman–Crippen LogP) is 4.16. The molecule has 2 amide bonds. The van der Waals surface area contributed by atoms with Gasteiger partial charge in [-0.05, 0) is 60.9 Å². The molecule has 0 radical (unpaired) electrons. The number of carbonyl (C=O) groups is 2. The molecule has 0 aliphatic carbocycles. The number of hydrogen-bond donors (Lipinski definition) is 1. The van der Waals surface area contributed by atoms with E-state index in [2.05, 4.69) is 16.4 Å². The summed E-state index contributed by atoms with van der Waals surface area (Å²) in [5.41, 5.74) is 5.42. The number of carbonyl (C=O) groups excluding carboxylic acids is 2. The molecule has 7 nitrogen and oxygen atoms in total. The number of rotatable bonds is 5. The molecule has 32 heavy (non-hydrogen) atoms. The minimum Gasteiger partial charge on any atom is -0.326 e. The molecule has 1 aliphatic heterocycles. The maximum absolute atomic E-state index is 13.4. The van der Waals surface area contributed by atoms with Crippen LogP contribution in [0.1, 0.15) is 29.2 Å². The number of hydrogen-bond acceptors (Lipinski definition) is 4. The highest BCUT2D eigenvalue weighted by Gasteiger charge is 2.40. The van der Waals surface area contributed by atoms with Crippen molar-refractivity contribution in [3.05, 3.63) is 83.7 Å². The van der Waals surface area contributed by atoms with Crippen LogP contribution in [0, 0.1) is 13.8 Å². The number of fused-ring (bicyclic) bond motifs is 3. The van der Waals surface area contributed by atoms with E-state index >= 15 is 0 Å². The maximum atomic E-state index is 13.4. The highest BCUT2D eigenvalue weighted by molar-refractivity contribution is 6.05. The molecule has 0 saturated heterocycles. The first kappa shape index (κ1) is 19.9. The molecule has 1 atom stereocenters. The van der Waals surface area contributed by atoms with Crippen molar-refractivity contribution in [3.63, 3.8) is 0 Å². The second-order valence-electron chi connectivity index (χ2n) is 8.20. The first-order valence-corrected chi connectivity index (χ1v) is 10.5. The van der Waals surface area contributed by atoms with E-state index in [0.29, 0.717) is 12.5 Å². The lowest BCUT2D eigenvalue weighted by Gasteiger charge is -2.16. The van der Waals surface area contributed by atoms with Gasteiger partial charge in [0.2, 0.25) is 11.9 Å². The lowest BCUT2D eigenvalue weighted by atomic mass is 10.1. The molecule has 1 aliphatic rings. The van der Waals surface area contributed by atoms with Gasteiger partial charge >= 0.3 is 0 Å². The molecule has 2 aromatic heterocycles. The highest BCUT2D eigenvalue weighted by atomic mass is 16.2. The van der Waals surface area contributed by atoms with Crippen LogP contribution in [0.3, 0.4) is 0 Å². The van der Waals surface area contributed by atoms with Gasteiger partial charge in [0, 0.05) is 18.1 Å². The number of pyridine rings is 1. The average molecular weight is 425 g/mol. The number of aromatic nitrogens is 3. The third-order valence-corrected chi connectivity index (χ3v) is 5.63. The number of nitrogens with zero attached hydrogens (tertiary/aromatic N) is 4. The predicted molar refractivity (Wildman–Crippen MR) is 123 cm³/mol. The van der Waals surface area contributed by atoms with Crippen molar-refractivity contribution in [3.8, 4) is 0 Å². The summed E-state index contributed by atoms with van der Waals surface area (Å²) in [5, 5.41) is 2.95. The van der Waals surface area contributed by atoms with E-state index in [4.69, 9.17) is 4.98 Å². The van der Waals surface area contributed by atoms with Crippen molar-refractivity contribution in [1.82, 2.24) is 14.5 Å². The van der Waals surface area contributed by atoms with Crippen molar-refractivity contribution < 1.29 is 9.59 Å². The summed E-state index contributed by atoms with van der Waals surface area (Å²) in [5.74, 6) is 0.210. The molecule has 2 aromatic carbocycles. The Morgan fingerprint density at radius 2 is 1.84 bits per heavy atom. The highest BCUT2D eigenvalue weighted by Crippen LogP contribution is 2.37. The van der Waals surface area contributed by atoms with Crippen molar-refractivity contribution in [2.24, 2.45) is 0 Å². The Labute approximate surface area is 185 Å². The zero-order valence-electron chi connectivity index (χ0n) is 17.9. The van der Waals surface area contributed by atoms with Gasteiger partial charge in [-0.25, -0.2) is 4.98 Å². The lowest BCUT2D eigenvalue weighted by molar-refractivity contribution is -0.124. The molecule has 5 rings (SSSR count). The van der Waals surface area contributed by atoms with E-state index in [-0.39, 0.29) is 18.2 Å². The van der Waals surface area contributed by atoms with Crippen LogP contribution in [0.2, 0.25) is 0 Å². The van der Waals surface area contributed by atoms with E-state index in [1.165, 1.54) is 0 Å². The van der Waals surface area contributed by atoms with E-state index in [0.717, 1.165) is 33.4 Å². The minimum absolute atomic E-state index is 0.0305. The van der Waals surface area contributed by atoms with E-state index in [9.17, 15) is 9.59 Å². The van der Waals surface area contributed by atoms with Crippen LogP contribution < -0.4 is 10.2 Å². The zero-order valence-corrected chi connectivity index (χ0v) is 17.9. The fraction of sp³-hybridized carbons (Fsp3) is 0.200. The number of anilines is 2. The van der Waals surface area contributed by atoms with Crippen LogP contribution >= 0.6 is 0 Å². The first-order chi connectivity index (χ1) is 15.5. The van der Waals surface area contributed by atoms with Crippen LogP contribution in [0.5, 0.6) is 0 Å². The van der Waals surface area contributed by atoms with Crippen molar-refractivity contribution in [2.75, 3.05) is 10.2 Å². The normalized spacial score (nSPS) is 15.2. The molecular weight excluding hydrogens is 402 g/mol. The largest absolute Gasteiger partial charge is 0.326 e. The van der Waals surface area contributed by atoms with Gasteiger partial charge in [-0.2, -0.15) is 0 Å². The van der Waals surface area contributed by atoms with Crippen LogP contribution in [-0.2, 0) is 16.1 Å². The number of amides is 2. The van der Waals surface area contributed by atoms with Gasteiger partial charge in [0.05, 0.1) is 24.0 Å². The summed E-state index contributed by atoms with van der Waals surface area (Å²) < 4.78 is 1.88. The summed E-state index contributed by atoms with van der Waals surface area (Å²) in [6.07, 6.45) is 3.47. The molecule has 0 saturated carbocycles. The van der Waals surface area contributed by atoms with Crippen molar-refractivity contribution in [2.45, 2.75) is 32.9 Å². The van der Waals surface area contributed by atoms with Gasteiger partial charge < -0.3 is 5.32 Å². The molecule has 1 N–H and O–H groups in total. The average Bonchev–Trinajstić information content (AvgIpc) is 3.24. The standard InChI is InChI=1S/C25H23N5O2/c1-16-10-17(2)12-19(11-16)27-23(31)13-22-24(32)29(15-18-6-5-9-26-14-18)25-28-20-7-3-4-8-21(20)30(22)25/h3-12,14,22H,13,15H2,1-2H3,(H,27,31)/t22-/m0/s1. The molecular formula is C25H23N5O2. The second kappa shape index (κ2) is 7.92. The topological polar surface area (TPSA) is 80.1 Å². The lowest BCUT2D eigenvalue weighted by Crippen LogP contribution is -2.31. The van der Waals surface area contributed by atoms with E-state index in [1.54, 1.807) is 17.3 Å². The fourth-order valence-corrected chi connectivity index (χ4v) is 4.35. The molecule has 4 aromatic rings. The molecule has 0 fully saturated rings. The van der Waals surface area contributed by atoms with Crippen LogP contribution in [0.15, 0.2) is 67.0 Å². The summed E-state index contributed by atoms with van der Waals surface area (Å²) in [6.45, 7) is 4.33. The van der Waals surface area contributed by atoms with E-state index < -0.39 is 6.04 Å². The Bertz CT molecular complexity index is 1310. The summed E-state index contributed by atoms with van der Waals surface area (Å²) in [7, 11) is 0. The van der Waals surface area contributed by atoms with Gasteiger partial charge in [-0.1, -0.05) is 24.3 Å². The van der Waals surface area contributed by atoms with Gasteiger partial charge in [-0.3, -0.25) is 24.0 Å². The zero-order chi connectivity index (χ0) is 22.2. The molecule has 0 bridgehead atoms. The molecule has 3 heterocycles. The summed E-state index contributed by atoms with van der Waals surface area (Å²) >= 11 is 0. The van der Waals surface area contributed by atoms with Gasteiger partial charge in [0.25, 0.3) is 5.91 Å². The number of imidazole rings is 1. The Balaban J connectivity index is 1.47. The fourth-order valence-electron chi connectivity index (χ4n) is 4.35. The van der Waals surface area contributed by atoms with Gasteiger partial charge in [-0.15, -0.1) is 0 Å². The Kier molecular flexibility index (Phi) is 4.93. The Hall–Kier alpha value is -4.00. The van der Waals surface area contributed by atoms with Crippen molar-refractivity contribution in [1.29, 1.82) is 0 Å². The number of aryl methyl sites for hydroxylation is 2. The van der Waals surface area contributed by atoms with Crippen LogP contribution in [0.25, 0.3) is 11.0 Å². The molecule has 0 spiro atoms. The third kappa shape index (κ3) is 3.62. The monoisotopic (exact) mass is 425 g/mol. The number of para-hydroxylation sites is 2. The number of benzene rings is 2. The first-order valence-electron chi connectivity index (χ1n) is 10.5. The third-order valence-electron chi connectivity index (χ3n) is 5.63. The van der Waals surface area contributed by atoms with Gasteiger partial charge in [0.1, 0.15) is 6.04 Å². The number of nitrogens with one attached hydrogen (secondary N) is 1. The van der Waals surface area contributed by atoms with Crippen LogP contribution in [0.4, 0.5) is 11.6 Å². The Morgan fingerprint density at radius 3 is 2.59 bits per heavy atom. The quantitative estimate of drug-likeness (QED) is 0.521. The van der Waals surface area contributed by atoms with Crippen LogP contribution in [-0.4, -0.2) is 26.3 Å². The summed E-state index contributed by atoms with van der Waals surface area (Å²) in [6, 6.07) is 16.7. The second-order valence-corrected chi connectivity index (χ2v) is 8.20. The summed E-state index contributed by atoms with van der Waals surface area (Å²) in [4.78, 5) is 36.9. The minimum atomic E-state index is -0.653. The van der Waals surface area contributed by atoms with E-state index in [1.807, 2.05) is 66.9 Å². The smallest absolute Gasteiger partial charge is 0.253 e.